The molecule has 2 aromatic heterocycles. The molecule has 3 aromatic rings. The predicted molar refractivity (Wildman–Crippen MR) is 91.4 cm³/mol. The first-order chi connectivity index (χ1) is 11.4. The van der Waals surface area contributed by atoms with Gasteiger partial charge >= 0.3 is 0 Å². The van der Waals surface area contributed by atoms with Crippen molar-refractivity contribution in [3.05, 3.63) is 61.5 Å². The highest BCUT2D eigenvalue weighted by molar-refractivity contribution is 7.19. The van der Waals surface area contributed by atoms with Crippen LogP contribution in [0.3, 0.4) is 0 Å². The van der Waals surface area contributed by atoms with Gasteiger partial charge in [0.05, 0.1) is 5.69 Å². The Bertz CT molecular complexity index is 1120. The number of amides is 2. The standard InChI is InChI=1S/C16H10ClN3O3S/c1-7-5-9(17)3-4-10(7)19-14(22)12-13(15(19)23)24-16-18-8(2)6-11(21)20(12)16/h3-6H,1-2H3. The summed E-state index contributed by atoms with van der Waals surface area (Å²) >= 11 is 6.99. The van der Waals surface area contributed by atoms with Crippen molar-refractivity contribution < 1.29 is 9.59 Å². The number of anilines is 1. The van der Waals surface area contributed by atoms with Gasteiger partial charge < -0.3 is 0 Å². The Morgan fingerprint density at radius 1 is 1.08 bits per heavy atom. The van der Waals surface area contributed by atoms with E-state index < -0.39 is 11.8 Å². The molecule has 0 saturated heterocycles. The number of nitrogens with zero attached hydrogens (tertiary/aromatic N) is 3. The van der Waals surface area contributed by atoms with E-state index in [9.17, 15) is 14.4 Å². The molecule has 0 atom stereocenters. The number of benzene rings is 1. The molecule has 3 heterocycles. The van der Waals surface area contributed by atoms with Gasteiger partial charge in [-0.15, -0.1) is 0 Å². The fourth-order valence-electron chi connectivity index (χ4n) is 2.81. The number of aromatic nitrogens is 2. The molecule has 1 aliphatic rings. The molecule has 0 spiro atoms. The Labute approximate surface area is 144 Å². The summed E-state index contributed by atoms with van der Waals surface area (Å²) in [6, 6.07) is 6.26. The minimum atomic E-state index is -0.528. The second-order valence-corrected chi connectivity index (χ2v) is 6.92. The number of halogens is 1. The molecule has 0 bridgehead atoms. The lowest BCUT2D eigenvalue weighted by Gasteiger charge is -2.16. The van der Waals surface area contributed by atoms with Crippen molar-refractivity contribution in [2.45, 2.75) is 13.8 Å². The van der Waals surface area contributed by atoms with Gasteiger partial charge in [0.25, 0.3) is 17.4 Å². The summed E-state index contributed by atoms with van der Waals surface area (Å²) < 4.78 is 1.21. The van der Waals surface area contributed by atoms with Gasteiger partial charge in [-0.25, -0.2) is 14.3 Å². The van der Waals surface area contributed by atoms with Gasteiger partial charge in [0.1, 0.15) is 10.6 Å². The Kier molecular flexibility index (Phi) is 3.13. The van der Waals surface area contributed by atoms with E-state index in [-0.39, 0.29) is 16.1 Å². The van der Waals surface area contributed by atoms with Crippen molar-refractivity contribution in [2.75, 3.05) is 4.90 Å². The van der Waals surface area contributed by atoms with Gasteiger partial charge in [0.2, 0.25) is 0 Å². The average molecular weight is 360 g/mol. The number of rotatable bonds is 1. The summed E-state index contributed by atoms with van der Waals surface area (Å²) in [6.07, 6.45) is 0. The van der Waals surface area contributed by atoms with E-state index >= 15 is 0 Å². The second kappa shape index (κ2) is 4.99. The Morgan fingerprint density at radius 3 is 2.54 bits per heavy atom. The molecular formula is C16H10ClN3O3S. The number of aryl methyl sites for hydroxylation is 2. The number of fused-ring (bicyclic) bond motifs is 3. The van der Waals surface area contributed by atoms with Crippen molar-refractivity contribution in [3.63, 3.8) is 0 Å². The molecule has 120 valence electrons. The zero-order valence-corrected chi connectivity index (χ0v) is 14.2. The number of carbonyl (C=O) groups excluding carboxylic acids is 2. The maximum absolute atomic E-state index is 12.8. The van der Waals surface area contributed by atoms with Crippen LogP contribution in [0.1, 0.15) is 31.4 Å². The molecule has 6 nitrogen and oxygen atoms in total. The lowest BCUT2D eigenvalue weighted by molar-refractivity contribution is 0.0924. The third-order valence-electron chi connectivity index (χ3n) is 3.85. The van der Waals surface area contributed by atoms with Crippen molar-refractivity contribution in [1.82, 2.24) is 9.38 Å². The Hall–Kier alpha value is -2.51. The fourth-order valence-corrected chi connectivity index (χ4v) is 4.14. The smallest absolute Gasteiger partial charge is 0.269 e. The van der Waals surface area contributed by atoms with Crippen LogP contribution in [0.2, 0.25) is 5.02 Å². The zero-order chi connectivity index (χ0) is 17.2. The SMILES string of the molecule is Cc1cc(=O)n2c3c(sc2n1)C(=O)N(c1ccc(Cl)cc1C)C3=O. The van der Waals surface area contributed by atoms with Gasteiger partial charge in [0.15, 0.2) is 4.96 Å². The Morgan fingerprint density at radius 2 is 1.83 bits per heavy atom. The van der Waals surface area contributed by atoms with Crippen molar-refractivity contribution in [1.29, 1.82) is 0 Å². The largest absolute Gasteiger partial charge is 0.284 e. The highest BCUT2D eigenvalue weighted by Gasteiger charge is 2.42. The monoisotopic (exact) mass is 359 g/mol. The van der Waals surface area contributed by atoms with Crippen LogP contribution >= 0.6 is 22.9 Å². The number of imide groups is 1. The molecule has 1 aliphatic heterocycles. The highest BCUT2D eigenvalue weighted by Crippen LogP contribution is 2.35. The molecule has 0 saturated carbocycles. The van der Waals surface area contributed by atoms with Crippen LogP contribution in [0.5, 0.6) is 0 Å². The minimum absolute atomic E-state index is 0.0758. The topological polar surface area (TPSA) is 71.8 Å². The third-order valence-corrected chi connectivity index (χ3v) is 5.11. The van der Waals surface area contributed by atoms with E-state index in [2.05, 4.69) is 4.98 Å². The molecular weight excluding hydrogens is 350 g/mol. The highest BCUT2D eigenvalue weighted by atomic mass is 35.5. The average Bonchev–Trinajstić information content (AvgIpc) is 2.98. The molecule has 1 aromatic carbocycles. The number of hydrogen-bond acceptors (Lipinski definition) is 5. The quantitative estimate of drug-likeness (QED) is 0.626. The van der Waals surface area contributed by atoms with Crippen LogP contribution in [0, 0.1) is 13.8 Å². The lowest BCUT2D eigenvalue weighted by atomic mass is 10.2. The first kappa shape index (κ1) is 15.0. The normalized spacial score (nSPS) is 13.9. The first-order valence-electron chi connectivity index (χ1n) is 7.06. The van der Waals surface area contributed by atoms with E-state index in [0.717, 1.165) is 16.2 Å². The molecule has 24 heavy (non-hydrogen) atoms. The molecule has 8 heteroatoms. The summed E-state index contributed by atoms with van der Waals surface area (Å²) in [6.45, 7) is 3.46. The van der Waals surface area contributed by atoms with Crippen LogP contribution in [0.25, 0.3) is 4.96 Å². The number of hydrogen-bond donors (Lipinski definition) is 0. The summed E-state index contributed by atoms with van der Waals surface area (Å²) in [5.74, 6) is -0.979. The molecule has 0 aliphatic carbocycles. The lowest BCUT2D eigenvalue weighted by Crippen LogP contribution is -2.31. The summed E-state index contributed by atoms with van der Waals surface area (Å²) in [4.78, 5) is 43.7. The van der Waals surface area contributed by atoms with Crippen LogP contribution in [-0.4, -0.2) is 21.2 Å². The van der Waals surface area contributed by atoms with Crippen LogP contribution in [0.15, 0.2) is 29.1 Å². The summed E-state index contributed by atoms with van der Waals surface area (Å²) in [5, 5.41) is 0.520. The van der Waals surface area contributed by atoms with Gasteiger partial charge in [-0.05, 0) is 37.6 Å². The molecule has 0 N–H and O–H groups in total. The van der Waals surface area contributed by atoms with Crippen molar-refractivity contribution in [2.24, 2.45) is 0 Å². The molecule has 4 rings (SSSR count). The van der Waals surface area contributed by atoms with Crippen molar-refractivity contribution >= 4 is 45.4 Å². The molecule has 0 fully saturated rings. The van der Waals surface area contributed by atoms with Gasteiger partial charge in [0, 0.05) is 16.8 Å². The molecule has 0 radical (unpaired) electrons. The second-order valence-electron chi connectivity index (χ2n) is 5.51. The fraction of sp³-hybridized carbons (Fsp3) is 0.125. The predicted octanol–water partition coefficient (Wildman–Crippen LogP) is 2.83. The van der Waals surface area contributed by atoms with E-state index in [1.807, 2.05) is 0 Å². The number of carbonyl (C=O) groups is 2. The summed E-state index contributed by atoms with van der Waals surface area (Å²) in [5.41, 5.74) is 1.41. The van der Waals surface area contributed by atoms with Crippen LogP contribution in [0.4, 0.5) is 5.69 Å². The zero-order valence-electron chi connectivity index (χ0n) is 12.7. The van der Waals surface area contributed by atoms with Crippen LogP contribution < -0.4 is 10.5 Å². The maximum atomic E-state index is 12.8. The van der Waals surface area contributed by atoms with Gasteiger partial charge in [-0.1, -0.05) is 22.9 Å². The van der Waals surface area contributed by atoms with Gasteiger partial charge in [-0.2, -0.15) is 0 Å². The first-order valence-corrected chi connectivity index (χ1v) is 8.26. The van der Waals surface area contributed by atoms with Crippen LogP contribution in [-0.2, 0) is 0 Å². The molecule has 2 amide bonds. The van der Waals surface area contributed by atoms with E-state index in [4.69, 9.17) is 11.6 Å². The third kappa shape index (κ3) is 1.95. The van der Waals surface area contributed by atoms with E-state index in [0.29, 0.717) is 26.9 Å². The Balaban J connectivity index is 1.95. The maximum Gasteiger partial charge on any atom is 0.284 e. The summed E-state index contributed by atoms with van der Waals surface area (Å²) in [7, 11) is 0. The van der Waals surface area contributed by atoms with E-state index in [1.165, 1.54) is 10.5 Å². The number of thiazole rings is 1. The minimum Gasteiger partial charge on any atom is -0.269 e. The van der Waals surface area contributed by atoms with E-state index in [1.54, 1.807) is 32.0 Å². The van der Waals surface area contributed by atoms with Crippen molar-refractivity contribution in [3.8, 4) is 0 Å². The molecule has 0 unspecified atom stereocenters. The van der Waals surface area contributed by atoms with Gasteiger partial charge in [-0.3, -0.25) is 14.4 Å².